The van der Waals surface area contributed by atoms with Gasteiger partial charge in [0.15, 0.2) is 5.16 Å². The van der Waals surface area contributed by atoms with Crippen molar-refractivity contribution >= 4 is 23.1 Å². The molecular weight excluding hydrogens is 414 g/mol. The van der Waals surface area contributed by atoms with Crippen molar-refractivity contribution in [1.29, 1.82) is 0 Å². The van der Waals surface area contributed by atoms with Gasteiger partial charge >= 0.3 is 0 Å². The number of thiophene rings is 1. The largest absolute Gasteiger partial charge is 0.419 e. The highest BCUT2D eigenvalue weighted by Gasteiger charge is 2.31. The fourth-order valence-corrected chi connectivity index (χ4v) is 5.90. The molecule has 2 aliphatic rings. The van der Waals surface area contributed by atoms with Gasteiger partial charge in [-0.25, -0.2) is 0 Å². The molecule has 2 aliphatic carbocycles. The zero-order valence-corrected chi connectivity index (χ0v) is 18.1. The van der Waals surface area contributed by atoms with E-state index < -0.39 is 0 Å². The van der Waals surface area contributed by atoms with Crippen LogP contribution in [0.2, 0.25) is 0 Å². The smallest absolute Gasteiger partial charge is 0.257 e. The molecule has 1 aromatic carbocycles. The average Bonchev–Trinajstić information content (AvgIpc) is 3.19. The third-order valence-corrected chi connectivity index (χ3v) is 7.75. The van der Waals surface area contributed by atoms with Crippen LogP contribution in [0, 0.1) is 0 Å². The van der Waals surface area contributed by atoms with Crippen LogP contribution in [0.15, 0.2) is 46.0 Å². The molecule has 0 unspecified atom stereocenters. The SMILES string of the molecule is c1ccc(-n2c(SCc3nnc(-c4cc5c(s4)CCCC5)o3)nnc2C2CC2)cc1. The van der Waals surface area contributed by atoms with Crippen LogP contribution < -0.4 is 0 Å². The number of hydrogen-bond acceptors (Lipinski definition) is 7. The van der Waals surface area contributed by atoms with Crippen LogP contribution in [0.3, 0.4) is 0 Å². The first-order valence-electron chi connectivity index (χ1n) is 10.4. The summed E-state index contributed by atoms with van der Waals surface area (Å²) in [4.78, 5) is 2.57. The Morgan fingerprint density at radius 1 is 1.03 bits per heavy atom. The van der Waals surface area contributed by atoms with Crippen molar-refractivity contribution < 1.29 is 4.42 Å². The van der Waals surface area contributed by atoms with E-state index in [1.165, 1.54) is 49.0 Å². The molecule has 4 aromatic rings. The molecule has 8 heteroatoms. The predicted octanol–water partition coefficient (Wildman–Crippen LogP) is 5.43. The van der Waals surface area contributed by atoms with E-state index in [0.29, 0.717) is 23.5 Å². The van der Waals surface area contributed by atoms with Crippen LogP contribution in [0.1, 0.15) is 53.8 Å². The number of hydrogen-bond donors (Lipinski definition) is 0. The predicted molar refractivity (Wildman–Crippen MR) is 117 cm³/mol. The minimum absolute atomic E-state index is 0.520. The van der Waals surface area contributed by atoms with Crippen LogP contribution in [-0.4, -0.2) is 25.0 Å². The lowest BCUT2D eigenvalue weighted by Crippen LogP contribution is -2.01. The summed E-state index contributed by atoms with van der Waals surface area (Å²) in [7, 11) is 0. The minimum atomic E-state index is 0.520. The number of benzene rings is 1. The standard InChI is InChI=1S/C22H21N5OS2/c1-2-7-16(8-3-1)27-20(14-10-11-14)24-26-22(27)29-13-19-23-25-21(28-19)18-12-15-6-4-5-9-17(15)30-18/h1-3,7-8,12,14H,4-6,9-11,13H2. The molecule has 0 bridgehead atoms. The van der Waals surface area contributed by atoms with Crippen LogP contribution in [0.4, 0.5) is 0 Å². The van der Waals surface area contributed by atoms with E-state index >= 15 is 0 Å². The van der Waals surface area contributed by atoms with E-state index in [-0.39, 0.29) is 0 Å². The third-order valence-electron chi connectivity index (χ3n) is 5.61. The molecule has 0 aliphatic heterocycles. The summed E-state index contributed by atoms with van der Waals surface area (Å²) in [5.74, 6) is 3.41. The molecule has 6 rings (SSSR count). The van der Waals surface area contributed by atoms with Crippen molar-refractivity contribution in [3.8, 4) is 16.5 Å². The van der Waals surface area contributed by atoms with E-state index in [0.717, 1.165) is 21.5 Å². The summed E-state index contributed by atoms with van der Waals surface area (Å²) in [6.07, 6.45) is 7.28. The van der Waals surface area contributed by atoms with E-state index in [4.69, 9.17) is 4.42 Å². The number of fused-ring (bicyclic) bond motifs is 1. The fraction of sp³-hybridized carbons (Fsp3) is 0.364. The molecule has 0 amide bonds. The lowest BCUT2D eigenvalue weighted by Gasteiger charge is -2.08. The molecule has 0 N–H and O–H groups in total. The second-order valence-electron chi connectivity index (χ2n) is 7.84. The molecule has 6 nitrogen and oxygen atoms in total. The second-order valence-corrected chi connectivity index (χ2v) is 9.92. The number of para-hydroxylation sites is 1. The van der Waals surface area contributed by atoms with Gasteiger partial charge in [-0.15, -0.1) is 31.7 Å². The topological polar surface area (TPSA) is 69.6 Å². The van der Waals surface area contributed by atoms with Gasteiger partial charge in [0.25, 0.3) is 5.89 Å². The second kappa shape index (κ2) is 7.67. The maximum absolute atomic E-state index is 5.99. The molecule has 1 saturated carbocycles. The molecule has 152 valence electrons. The van der Waals surface area contributed by atoms with E-state index in [9.17, 15) is 0 Å². The van der Waals surface area contributed by atoms with Gasteiger partial charge in [0.2, 0.25) is 5.89 Å². The van der Waals surface area contributed by atoms with Crippen LogP contribution >= 0.6 is 23.1 Å². The summed E-state index contributed by atoms with van der Waals surface area (Å²) in [6, 6.07) is 12.6. The van der Waals surface area contributed by atoms with Crippen LogP contribution in [0.5, 0.6) is 0 Å². The van der Waals surface area contributed by atoms with Gasteiger partial charge in [-0.2, -0.15) is 0 Å². The molecule has 1 fully saturated rings. The lowest BCUT2D eigenvalue weighted by atomic mass is 9.99. The zero-order valence-electron chi connectivity index (χ0n) is 16.5. The highest BCUT2D eigenvalue weighted by Crippen LogP contribution is 2.41. The van der Waals surface area contributed by atoms with Crippen molar-refractivity contribution in [2.24, 2.45) is 0 Å². The normalized spacial score (nSPS) is 16.0. The summed E-state index contributed by atoms with van der Waals surface area (Å²) < 4.78 is 8.16. The van der Waals surface area contributed by atoms with E-state index in [2.05, 4.69) is 43.2 Å². The average molecular weight is 436 g/mol. The van der Waals surface area contributed by atoms with Crippen molar-refractivity contribution in [2.45, 2.75) is 55.4 Å². The quantitative estimate of drug-likeness (QED) is 0.376. The van der Waals surface area contributed by atoms with E-state index in [1.54, 1.807) is 23.1 Å². The van der Waals surface area contributed by atoms with E-state index in [1.807, 2.05) is 18.2 Å². The Morgan fingerprint density at radius 2 is 1.90 bits per heavy atom. The number of thioether (sulfide) groups is 1. The molecule has 0 spiro atoms. The molecule has 0 radical (unpaired) electrons. The van der Waals surface area contributed by atoms with Gasteiger partial charge in [-0.1, -0.05) is 30.0 Å². The first-order chi connectivity index (χ1) is 14.8. The van der Waals surface area contributed by atoms with Gasteiger partial charge < -0.3 is 4.42 Å². The first-order valence-corrected chi connectivity index (χ1v) is 12.2. The minimum Gasteiger partial charge on any atom is -0.419 e. The summed E-state index contributed by atoms with van der Waals surface area (Å²) in [5.41, 5.74) is 2.56. The third kappa shape index (κ3) is 3.48. The Hall–Kier alpha value is -2.45. The molecule has 3 heterocycles. The molecular formula is C22H21N5OS2. The number of aryl methyl sites for hydroxylation is 2. The van der Waals surface area contributed by atoms with Crippen molar-refractivity contribution in [3.05, 3.63) is 58.6 Å². The van der Waals surface area contributed by atoms with Gasteiger partial charge in [0, 0.05) is 16.5 Å². The number of nitrogens with zero attached hydrogens (tertiary/aromatic N) is 5. The highest BCUT2D eigenvalue weighted by atomic mass is 32.2. The first kappa shape index (κ1) is 18.3. The molecule has 3 aromatic heterocycles. The Labute approximate surface area is 182 Å². The fourth-order valence-electron chi connectivity index (χ4n) is 3.93. The van der Waals surface area contributed by atoms with Crippen molar-refractivity contribution in [1.82, 2.24) is 25.0 Å². The van der Waals surface area contributed by atoms with Crippen molar-refractivity contribution in [2.75, 3.05) is 0 Å². The number of rotatable bonds is 6. The highest BCUT2D eigenvalue weighted by molar-refractivity contribution is 7.98. The Morgan fingerprint density at radius 3 is 2.73 bits per heavy atom. The van der Waals surface area contributed by atoms with Gasteiger partial charge in [-0.05, 0) is 62.3 Å². The van der Waals surface area contributed by atoms with Crippen LogP contribution in [0.25, 0.3) is 16.5 Å². The summed E-state index contributed by atoms with van der Waals surface area (Å²) in [6.45, 7) is 0. The maximum Gasteiger partial charge on any atom is 0.257 e. The molecule has 30 heavy (non-hydrogen) atoms. The van der Waals surface area contributed by atoms with Gasteiger partial charge in [0.1, 0.15) is 5.82 Å². The van der Waals surface area contributed by atoms with Gasteiger partial charge in [0.05, 0.1) is 10.6 Å². The Bertz CT molecular complexity index is 1150. The maximum atomic E-state index is 5.99. The molecule has 0 saturated heterocycles. The zero-order chi connectivity index (χ0) is 19.9. The number of aromatic nitrogens is 5. The Kier molecular flexibility index (Phi) is 4.68. The van der Waals surface area contributed by atoms with Crippen LogP contribution in [-0.2, 0) is 18.6 Å². The Balaban J connectivity index is 1.22. The van der Waals surface area contributed by atoms with Gasteiger partial charge in [-0.3, -0.25) is 4.57 Å². The monoisotopic (exact) mass is 435 g/mol. The lowest BCUT2D eigenvalue weighted by molar-refractivity contribution is 0.529. The summed E-state index contributed by atoms with van der Waals surface area (Å²) >= 11 is 3.39. The summed E-state index contributed by atoms with van der Waals surface area (Å²) in [5, 5.41) is 18.4. The van der Waals surface area contributed by atoms with Crippen molar-refractivity contribution in [3.63, 3.8) is 0 Å². The molecule has 0 atom stereocenters.